The molecule has 1 amide bonds. The van der Waals surface area contributed by atoms with Gasteiger partial charge in [-0.25, -0.2) is 0 Å². The number of carbonyl (C=O) groups excluding carboxylic acids is 1. The van der Waals surface area contributed by atoms with Crippen LogP contribution < -0.4 is 10.9 Å². The molecule has 136 valence electrons. The van der Waals surface area contributed by atoms with Crippen LogP contribution in [0.3, 0.4) is 0 Å². The quantitative estimate of drug-likeness (QED) is 0.665. The van der Waals surface area contributed by atoms with Gasteiger partial charge in [-0.3, -0.25) is 9.59 Å². The lowest BCUT2D eigenvalue weighted by Crippen LogP contribution is -2.26. The van der Waals surface area contributed by atoms with E-state index in [-0.39, 0.29) is 11.5 Å². The van der Waals surface area contributed by atoms with E-state index in [9.17, 15) is 9.59 Å². The summed E-state index contributed by atoms with van der Waals surface area (Å²) >= 11 is 0. The summed E-state index contributed by atoms with van der Waals surface area (Å²) in [6.45, 7) is 5.49. The van der Waals surface area contributed by atoms with Crippen LogP contribution in [-0.2, 0) is 6.54 Å². The number of unbranched alkanes of at least 4 members (excludes halogenated alkanes) is 1. The Balaban J connectivity index is 2.11. The first-order chi connectivity index (χ1) is 12.7. The largest absolute Gasteiger partial charge is 0.353 e. The SMILES string of the molecule is CCCCNC(=O)c1cn(CCC)cc2c(=O)n(-c3ccccc3)nc1-2. The van der Waals surface area contributed by atoms with Gasteiger partial charge in [-0.15, -0.1) is 0 Å². The highest BCUT2D eigenvalue weighted by molar-refractivity contribution is 5.99. The molecule has 1 N–H and O–H groups in total. The van der Waals surface area contributed by atoms with E-state index in [2.05, 4.69) is 24.3 Å². The van der Waals surface area contributed by atoms with Crippen molar-refractivity contribution in [1.29, 1.82) is 0 Å². The Labute approximate surface area is 152 Å². The lowest BCUT2D eigenvalue weighted by Gasteiger charge is -2.12. The molecule has 0 radical (unpaired) electrons. The molecular weight excluding hydrogens is 328 g/mol. The zero-order valence-electron chi connectivity index (χ0n) is 15.2. The van der Waals surface area contributed by atoms with Crippen molar-refractivity contribution in [2.75, 3.05) is 6.54 Å². The second-order valence-corrected chi connectivity index (χ2v) is 6.33. The molecule has 0 unspecified atom stereocenters. The lowest BCUT2D eigenvalue weighted by atomic mass is 10.1. The number of rotatable bonds is 7. The number of para-hydroxylation sites is 1. The number of hydrogen-bond acceptors (Lipinski definition) is 3. The number of fused-ring (bicyclic) bond motifs is 1. The third kappa shape index (κ3) is 3.54. The number of aryl methyl sites for hydroxylation is 1. The van der Waals surface area contributed by atoms with Crippen LogP contribution in [0.25, 0.3) is 16.9 Å². The van der Waals surface area contributed by atoms with Gasteiger partial charge in [0.2, 0.25) is 0 Å². The Morgan fingerprint density at radius 1 is 1.12 bits per heavy atom. The van der Waals surface area contributed by atoms with Gasteiger partial charge in [0.25, 0.3) is 11.5 Å². The van der Waals surface area contributed by atoms with Crippen LogP contribution in [0, 0.1) is 0 Å². The minimum Gasteiger partial charge on any atom is -0.353 e. The Kier molecular flexibility index (Phi) is 5.51. The lowest BCUT2D eigenvalue weighted by molar-refractivity contribution is 0.0952. The van der Waals surface area contributed by atoms with E-state index in [0.717, 1.165) is 25.8 Å². The molecular formula is C20H24N4O2. The molecule has 2 heterocycles. The van der Waals surface area contributed by atoms with Gasteiger partial charge in [-0.2, -0.15) is 9.78 Å². The maximum atomic E-state index is 12.9. The van der Waals surface area contributed by atoms with Crippen LogP contribution in [0.4, 0.5) is 0 Å². The molecule has 0 aromatic heterocycles. The van der Waals surface area contributed by atoms with Gasteiger partial charge >= 0.3 is 0 Å². The summed E-state index contributed by atoms with van der Waals surface area (Å²) in [7, 11) is 0. The molecule has 2 aliphatic heterocycles. The number of aromatic nitrogens is 3. The normalized spacial score (nSPS) is 11.0. The molecule has 1 aromatic carbocycles. The molecule has 0 spiro atoms. The maximum absolute atomic E-state index is 12.9. The molecule has 1 aromatic rings. The number of benzene rings is 1. The fraction of sp³-hybridized carbons (Fsp3) is 0.350. The molecule has 0 aliphatic carbocycles. The van der Waals surface area contributed by atoms with Crippen LogP contribution in [0.5, 0.6) is 0 Å². The van der Waals surface area contributed by atoms with Crippen LogP contribution in [-0.4, -0.2) is 26.8 Å². The van der Waals surface area contributed by atoms with Crippen molar-refractivity contribution < 1.29 is 4.79 Å². The highest BCUT2D eigenvalue weighted by Gasteiger charge is 2.24. The third-order valence-corrected chi connectivity index (χ3v) is 4.27. The summed E-state index contributed by atoms with van der Waals surface area (Å²) in [5.41, 5.74) is 1.83. The van der Waals surface area contributed by atoms with Gasteiger partial charge < -0.3 is 9.88 Å². The Morgan fingerprint density at radius 2 is 1.88 bits per heavy atom. The predicted octanol–water partition coefficient (Wildman–Crippen LogP) is 3.08. The van der Waals surface area contributed by atoms with E-state index >= 15 is 0 Å². The summed E-state index contributed by atoms with van der Waals surface area (Å²) < 4.78 is 3.26. The first kappa shape index (κ1) is 17.9. The fourth-order valence-corrected chi connectivity index (χ4v) is 2.93. The maximum Gasteiger partial charge on any atom is 0.282 e. The van der Waals surface area contributed by atoms with E-state index in [4.69, 9.17) is 0 Å². The second kappa shape index (κ2) is 7.99. The first-order valence-corrected chi connectivity index (χ1v) is 9.12. The van der Waals surface area contributed by atoms with Crippen molar-refractivity contribution in [2.24, 2.45) is 0 Å². The molecule has 3 rings (SSSR count). The average Bonchev–Trinajstić information content (AvgIpc) is 2.99. The van der Waals surface area contributed by atoms with Crippen molar-refractivity contribution in [3.63, 3.8) is 0 Å². The number of nitrogens with zero attached hydrogens (tertiary/aromatic N) is 3. The monoisotopic (exact) mass is 352 g/mol. The van der Waals surface area contributed by atoms with Gasteiger partial charge in [0, 0.05) is 25.5 Å². The van der Waals surface area contributed by atoms with Gasteiger partial charge in [0.1, 0.15) is 5.69 Å². The highest BCUT2D eigenvalue weighted by atomic mass is 16.2. The molecule has 6 heteroatoms. The van der Waals surface area contributed by atoms with Crippen LogP contribution >= 0.6 is 0 Å². The molecule has 2 aliphatic rings. The van der Waals surface area contributed by atoms with Gasteiger partial charge in [0.15, 0.2) is 0 Å². The summed E-state index contributed by atoms with van der Waals surface area (Å²) in [5, 5.41) is 7.39. The molecule has 0 fully saturated rings. The minimum atomic E-state index is -0.209. The number of pyridine rings is 1. The van der Waals surface area contributed by atoms with E-state index in [1.54, 1.807) is 12.4 Å². The van der Waals surface area contributed by atoms with Crippen molar-refractivity contribution in [3.8, 4) is 16.9 Å². The van der Waals surface area contributed by atoms with Crippen molar-refractivity contribution in [3.05, 3.63) is 58.6 Å². The van der Waals surface area contributed by atoms with Gasteiger partial charge in [-0.05, 0) is 25.0 Å². The number of carbonyl (C=O) groups is 1. The van der Waals surface area contributed by atoms with Crippen molar-refractivity contribution >= 4 is 5.91 Å². The van der Waals surface area contributed by atoms with E-state index in [0.29, 0.717) is 29.1 Å². The molecule has 0 saturated carbocycles. The highest BCUT2D eigenvalue weighted by Crippen LogP contribution is 2.22. The zero-order valence-corrected chi connectivity index (χ0v) is 15.2. The molecule has 26 heavy (non-hydrogen) atoms. The first-order valence-electron chi connectivity index (χ1n) is 9.12. The topological polar surface area (TPSA) is 68.9 Å². The minimum absolute atomic E-state index is 0.188. The van der Waals surface area contributed by atoms with Crippen molar-refractivity contribution in [2.45, 2.75) is 39.7 Å². The van der Waals surface area contributed by atoms with Crippen molar-refractivity contribution in [1.82, 2.24) is 19.7 Å². The molecule has 0 saturated heterocycles. The van der Waals surface area contributed by atoms with Gasteiger partial charge in [0.05, 0.1) is 16.8 Å². The van der Waals surface area contributed by atoms with E-state index in [1.807, 2.05) is 34.9 Å². The standard InChI is InChI=1S/C20H24N4O2/c1-3-5-11-21-19(25)16-13-23(12-4-2)14-17-18(16)22-24(20(17)26)15-9-7-6-8-10-15/h6-10,13-14H,3-5,11-12H2,1-2H3,(H,21,25). The van der Waals surface area contributed by atoms with E-state index < -0.39 is 0 Å². The second-order valence-electron chi connectivity index (χ2n) is 6.33. The number of hydrogen-bond donors (Lipinski definition) is 1. The molecule has 0 bridgehead atoms. The average molecular weight is 352 g/mol. The Bertz CT molecular complexity index is 911. The predicted molar refractivity (Wildman–Crippen MR) is 102 cm³/mol. The number of amides is 1. The van der Waals surface area contributed by atoms with E-state index in [1.165, 1.54) is 4.68 Å². The van der Waals surface area contributed by atoms with Crippen LogP contribution in [0.2, 0.25) is 0 Å². The third-order valence-electron chi connectivity index (χ3n) is 4.27. The van der Waals surface area contributed by atoms with Crippen LogP contribution in [0.1, 0.15) is 43.5 Å². The molecule has 0 atom stereocenters. The Morgan fingerprint density at radius 3 is 2.58 bits per heavy atom. The number of nitrogens with one attached hydrogen (secondary N) is 1. The zero-order chi connectivity index (χ0) is 18.5. The summed E-state index contributed by atoms with van der Waals surface area (Å²) in [6, 6.07) is 9.26. The van der Waals surface area contributed by atoms with Crippen LogP contribution in [0.15, 0.2) is 47.5 Å². The Hall–Kier alpha value is -2.89. The summed E-state index contributed by atoms with van der Waals surface area (Å²) in [4.78, 5) is 25.5. The summed E-state index contributed by atoms with van der Waals surface area (Å²) in [6.07, 6.45) is 6.41. The summed E-state index contributed by atoms with van der Waals surface area (Å²) in [5.74, 6) is -0.188. The van der Waals surface area contributed by atoms with Gasteiger partial charge in [-0.1, -0.05) is 38.5 Å². The smallest absolute Gasteiger partial charge is 0.282 e. The fourth-order valence-electron chi connectivity index (χ4n) is 2.93. The molecule has 6 nitrogen and oxygen atoms in total.